The van der Waals surface area contributed by atoms with Gasteiger partial charge in [0.1, 0.15) is 5.00 Å². The van der Waals surface area contributed by atoms with Gasteiger partial charge in [-0.1, -0.05) is 0 Å². The predicted molar refractivity (Wildman–Crippen MR) is 102 cm³/mol. The Kier molecular flexibility index (Phi) is 4.58. The zero-order valence-electron chi connectivity index (χ0n) is 14.7. The Hall–Kier alpha value is -2.13. The maximum absolute atomic E-state index is 11.9. The highest BCUT2D eigenvalue weighted by molar-refractivity contribution is 7.17. The molecule has 1 fully saturated rings. The van der Waals surface area contributed by atoms with Crippen molar-refractivity contribution in [2.45, 2.75) is 31.6 Å². The zero-order valence-corrected chi connectivity index (χ0v) is 15.5. The number of carbonyl (C=O) groups excluding carboxylic acids is 2. The zero-order chi connectivity index (χ0) is 18.3. The van der Waals surface area contributed by atoms with Crippen LogP contribution in [0, 0.1) is 0 Å². The summed E-state index contributed by atoms with van der Waals surface area (Å²) in [5, 5.41) is 9.99. The fraction of sp³-hybridized carbons (Fsp3) is 0.588. The van der Waals surface area contributed by atoms with Gasteiger partial charge in [0.2, 0.25) is 0 Å². The van der Waals surface area contributed by atoms with Crippen molar-refractivity contribution in [3.8, 4) is 0 Å². The molecule has 5 N–H and O–H groups in total. The van der Waals surface area contributed by atoms with Crippen LogP contribution in [0.2, 0.25) is 0 Å². The first-order valence-corrected chi connectivity index (χ1v) is 9.91. The fourth-order valence-corrected chi connectivity index (χ4v) is 5.57. The molecule has 0 spiro atoms. The Morgan fingerprint density at radius 2 is 1.96 bits per heavy atom. The molecular weight excluding hydrogens is 352 g/mol. The lowest BCUT2D eigenvalue weighted by Gasteiger charge is -2.21. The summed E-state index contributed by atoms with van der Waals surface area (Å²) in [7, 11) is 0. The number of nitrogens with two attached hydrogens (primary N) is 2. The molecule has 140 valence electrons. The number of hydrazone groups is 1. The molecule has 3 aliphatic rings. The Balaban J connectivity index is 1.53. The SMILES string of the molecule is NC(=O)Nc1sc2c(c1C(N)=O)CCC1=NN(CCN3CCCC3)CC12. The van der Waals surface area contributed by atoms with Crippen molar-refractivity contribution in [1.29, 1.82) is 0 Å². The van der Waals surface area contributed by atoms with Crippen molar-refractivity contribution in [2.24, 2.45) is 16.6 Å². The van der Waals surface area contributed by atoms with E-state index in [4.69, 9.17) is 16.6 Å². The normalized spacial score (nSPS) is 22.1. The molecule has 0 saturated carbocycles. The van der Waals surface area contributed by atoms with Gasteiger partial charge in [0, 0.05) is 30.2 Å². The van der Waals surface area contributed by atoms with Gasteiger partial charge < -0.3 is 16.4 Å². The molecule has 3 amide bonds. The van der Waals surface area contributed by atoms with E-state index in [0.29, 0.717) is 10.6 Å². The van der Waals surface area contributed by atoms with Gasteiger partial charge in [-0.2, -0.15) is 5.10 Å². The number of thiophene rings is 1. The molecule has 2 aliphatic heterocycles. The number of anilines is 1. The minimum atomic E-state index is -0.682. The number of urea groups is 1. The van der Waals surface area contributed by atoms with Crippen molar-refractivity contribution < 1.29 is 9.59 Å². The first-order valence-electron chi connectivity index (χ1n) is 9.09. The number of hydrogen-bond acceptors (Lipinski definition) is 6. The smallest absolute Gasteiger partial charge is 0.317 e. The number of primary amides is 2. The van der Waals surface area contributed by atoms with Crippen molar-refractivity contribution in [3.05, 3.63) is 16.0 Å². The standard InChI is InChI=1S/C17H24N6O2S/c18-15(24)13-10-3-4-12-11(14(10)26-16(13)20-17(19)25)9-23(21-12)8-7-22-5-1-2-6-22/h11H,1-9H2,(H2,18,24)(H3,19,20,25). The van der Waals surface area contributed by atoms with E-state index >= 15 is 0 Å². The molecule has 1 aromatic heterocycles. The lowest BCUT2D eigenvalue weighted by molar-refractivity contribution is 0.100. The number of rotatable bonds is 5. The Morgan fingerprint density at radius 1 is 1.19 bits per heavy atom. The number of hydrogen-bond donors (Lipinski definition) is 3. The first-order chi connectivity index (χ1) is 12.5. The molecule has 3 heterocycles. The van der Waals surface area contributed by atoms with Crippen molar-refractivity contribution in [3.63, 3.8) is 0 Å². The number of nitrogens with one attached hydrogen (secondary N) is 1. The van der Waals surface area contributed by atoms with Gasteiger partial charge in [0.25, 0.3) is 5.91 Å². The first kappa shape index (κ1) is 17.3. The predicted octanol–water partition coefficient (Wildman–Crippen LogP) is 1.13. The lowest BCUT2D eigenvalue weighted by atomic mass is 9.86. The van der Waals surface area contributed by atoms with E-state index in [1.807, 2.05) is 0 Å². The van der Waals surface area contributed by atoms with Crippen LogP contribution in [0.5, 0.6) is 0 Å². The highest BCUT2D eigenvalue weighted by Gasteiger charge is 2.37. The van der Waals surface area contributed by atoms with E-state index in [-0.39, 0.29) is 5.92 Å². The van der Waals surface area contributed by atoms with E-state index < -0.39 is 11.9 Å². The number of amides is 3. The average molecular weight is 376 g/mol. The van der Waals surface area contributed by atoms with E-state index in [2.05, 4.69) is 15.2 Å². The van der Waals surface area contributed by atoms with Crippen LogP contribution in [0.1, 0.15) is 46.0 Å². The molecule has 0 aromatic carbocycles. The van der Waals surface area contributed by atoms with Crippen molar-refractivity contribution in [2.75, 3.05) is 38.0 Å². The second kappa shape index (κ2) is 6.88. The van der Waals surface area contributed by atoms with Gasteiger partial charge in [0.15, 0.2) is 0 Å². The van der Waals surface area contributed by atoms with Crippen LogP contribution in [0.3, 0.4) is 0 Å². The average Bonchev–Trinajstić information content (AvgIpc) is 3.29. The van der Waals surface area contributed by atoms with Gasteiger partial charge >= 0.3 is 6.03 Å². The second-order valence-corrected chi connectivity index (χ2v) is 8.16. The van der Waals surface area contributed by atoms with E-state index in [0.717, 1.165) is 42.9 Å². The minimum Gasteiger partial charge on any atom is -0.365 e. The molecule has 1 unspecified atom stereocenters. The van der Waals surface area contributed by atoms with E-state index in [9.17, 15) is 9.59 Å². The number of likely N-dealkylation sites (tertiary alicyclic amines) is 1. The number of nitrogens with zero attached hydrogens (tertiary/aromatic N) is 3. The maximum atomic E-state index is 11.9. The molecule has 1 aliphatic carbocycles. The number of fused-ring (bicyclic) bond motifs is 3. The largest absolute Gasteiger partial charge is 0.365 e. The van der Waals surface area contributed by atoms with Crippen LogP contribution in [-0.4, -0.2) is 60.3 Å². The van der Waals surface area contributed by atoms with Crippen LogP contribution in [-0.2, 0) is 6.42 Å². The minimum absolute atomic E-state index is 0.184. The van der Waals surface area contributed by atoms with Crippen LogP contribution in [0.4, 0.5) is 9.80 Å². The highest BCUT2D eigenvalue weighted by atomic mass is 32.1. The molecule has 9 heteroatoms. The Bertz CT molecular complexity index is 768. The third-order valence-electron chi connectivity index (χ3n) is 5.41. The lowest BCUT2D eigenvalue weighted by Crippen LogP contribution is -2.31. The van der Waals surface area contributed by atoms with Crippen LogP contribution >= 0.6 is 11.3 Å². The van der Waals surface area contributed by atoms with Gasteiger partial charge in [-0.05, 0) is 44.3 Å². The van der Waals surface area contributed by atoms with Gasteiger partial charge in [-0.3, -0.25) is 15.1 Å². The summed E-state index contributed by atoms with van der Waals surface area (Å²) in [5.74, 6) is -0.334. The summed E-state index contributed by atoms with van der Waals surface area (Å²) in [6, 6.07) is -0.682. The Labute approximate surface area is 156 Å². The molecular formula is C17H24N6O2S. The van der Waals surface area contributed by atoms with Gasteiger partial charge in [0.05, 0.1) is 11.5 Å². The van der Waals surface area contributed by atoms with Crippen LogP contribution < -0.4 is 16.8 Å². The third-order valence-corrected chi connectivity index (χ3v) is 6.67. The van der Waals surface area contributed by atoms with Crippen molar-refractivity contribution in [1.82, 2.24) is 9.91 Å². The molecule has 0 bridgehead atoms. The summed E-state index contributed by atoms with van der Waals surface area (Å²) in [6.07, 6.45) is 4.13. The Morgan fingerprint density at radius 3 is 2.65 bits per heavy atom. The third kappa shape index (κ3) is 3.16. The summed E-state index contributed by atoms with van der Waals surface area (Å²) < 4.78 is 0. The molecule has 1 atom stereocenters. The topological polar surface area (TPSA) is 117 Å². The van der Waals surface area contributed by atoms with Gasteiger partial charge in [-0.15, -0.1) is 11.3 Å². The van der Waals surface area contributed by atoms with Crippen LogP contribution in [0.25, 0.3) is 0 Å². The summed E-state index contributed by atoms with van der Waals surface area (Å²) >= 11 is 1.41. The molecule has 0 radical (unpaired) electrons. The van der Waals surface area contributed by atoms with Crippen molar-refractivity contribution >= 4 is 34.0 Å². The fourth-order valence-electron chi connectivity index (χ4n) is 4.20. The summed E-state index contributed by atoms with van der Waals surface area (Å²) in [4.78, 5) is 26.8. The maximum Gasteiger partial charge on any atom is 0.317 e. The molecule has 26 heavy (non-hydrogen) atoms. The van der Waals surface area contributed by atoms with Crippen LogP contribution in [0.15, 0.2) is 5.10 Å². The monoisotopic (exact) mass is 376 g/mol. The molecule has 4 rings (SSSR count). The quantitative estimate of drug-likeness (QED) is 0.714. The van der Waals surface area contributed by atoms with Gasteiger partial charge in [-0.25, -0.2) is 4.79 Å². The summed E-state index contributed by atoms with van der Waals surface area (Å²) in [6.45, 7) is 5.17. The molecule has 8 nitrogen and oxygen atoms in total. The highest BCUT2D eigenvalue weighted by Crippen LogP contribution is 2.44. The summed E-state index contributed by atoms with van der Waals surface area (Å²) in [5.41, 5.74) is 13.4. The molecule has 1 aromatic rings. The number of carbonyl (C=O) groups is 2. The van der Waals surface area contributed by atoms with E-state index in [1.54, 1.807) is 0 Å². The van der Waals surface area contributed by atoms with E-state index in [1.165, 1.54) is 43.0 Å². The second-order valence-electron chi connectivity index (χ2n) is 7.11. The molecule has 1 saturated heterocycles.